The first-order valence-electron chi connectivity index (χ1n) is 8.85. The van der Waals surface area contributed by atoms with E-state index in [0.717, 1.165) is 42.5 Å². The minimum Gasteiger partial charge on any atom is -0.322 e. The van der Waals surface area contributed by atoms with E-state index < -0.39 is 17.6 Å². The molecule has 0 saturated heterocycles. The number of halogens is 3. The molecule has 0 spiro atoms. The van der Waals surface area contributed by atoms with Crippen molar-refractivity contribution in [3.05, 3.63) is 64.7 Å². The summed E-state index contributed by atoms with van der Waals surface area (Å²) >= 11 is 0. The van der Waals surface area contributed by atoms with Crippen LogP contribution in [0.1, 0.15) is 66.1 Å². The molecule has 0 bridgehead atoms. The third-order valence-electron chi connectivity index (χ3n) is 4.51. The summed E-state index contributed by atoms with van der Waals surface area (Å²) in [5.41, 5.74) is 1.66. The fourth-order valence-electron chi connectivity index (χ4n) is 3.02. The van der Waals surface area contributed by atoms with Gasteiger partial charge >= 0.3 is 6.18 Å². The zero-order valence-electron chi connectivity index (χ0n) is 15.3. The SMILES string of the molecule is CCCC(CC)c1ccc(C(F)(F)F)cc1NC(=O)c1ccc(C)cc1. The van der Waals surface area contributed by atoms with Crippen molar-refractivity contribution in [2.45, 2.75) is 52.1 Å². The first-order chi connectivity index (χ1) is 12.3. The average Bonchev–Trinajstić information content (AvgIpc) is 2.59. The molecule has 2 nitrogen and oxygen atoms in total. The highest BCUT2D eigenvalue weighted by atomic mass is 19.4. The summed E-state index contributed by atoms with van der Waals surface area (Å²) in [4.78, 5) is 12.5. The molecule has 2 aromatic rings. The molecule has 2 aromatic carbocycles. The van der Waals surface area contributed by atoms with Crippen LogP contribution < -0.4 is 5.32 Å². The Morgan fingerprint density at radius 1 is 1.08 bits per heavy atom. The molecule has 0 aliphatic carbocycles. The van der Waals surface area contributed by atoms with E-state index in [-0.39, 0.29) is 11.6 Å². The average molecular weight is 363 g/mol. The molecule has 140 valence electrons. The van der Waals surface area contributed by atoms with Gasteiger partial charge in [-0.05, 0) is 55.5 Å². The molecule has 0 heterocycles. The van der Waals surface area contributed by atoms with Gasteiger partial charge in [0.1, 0.15) is 0 Å². The fourth-order valence-corrected chi connectivity index (χ4v) is 3.02. The minimum atomic E-state index is -4.45. The van der Waals surface area contributed by atoms with Crippen LogP contribution in [0, 0.1) is 6.92 Å². The van der Waals surface area contributed by atoms with Gasteiger partial charge in [-0.2, -0.15) is 13.2 Å². The van der Waals surface area contributed by atoms with Crippen LogP contribution in [0.4, 0.5) is 18.9 Å². The number of carbonyl (C=O) groups excluding carboxylic acids is 1. The lowest BCUT2D eigenvalue weighted by Gasteiger charge is -2.21. The molecule has 5 heteroatoms. The molecule has 0 aliphatic rings. The van der Waals surface area contributed by atoms with Gasteiger partial charge in [0.05, 0.1) is 5.56 Å². The van der Waals surface area contributed by atoms with E-state index in [0.29, 0.717) is 5.56 Å². The maximum Gasteiger partial charge on any atom is 0.416 e. The molecule has 26 heavy (non-hydrogen) atoms. The Morgan fingerprint density at radius 3 is 2.27 bits per heavy atom. The normalized spacial score (nSPS) is 12.7. The van der Waals surface area contributed by atoms with Crippen LogP contribution >= 0.6 is 0 Å². The lowest BCUT2D eigenvalue weighted by atomic mass is 9.90. The van der Waals surface area contributed by atoms with Crippen LogP contribution in [0.5, 0.6) is 0 Å². The van der Waals surface area contributed by atoms with Gasteiger partial charge in [-0.3, -0.25) is 4.79 Å². The van der Waals surface area contributed by atoms with Gasteiger partial charge in [0, 0.05) is 11.3 Å². The Labute approximate surface area is 152 Å². The highest BCUT2D eigenvalue weighted by Gasteiger charge is 2.31. The number of hydrogen-bond donors (Lipinski definition) is 1. The van der Waals surface area contributed by atoms with Crippen LogP contribution in [-0.4, -0.2) is 5.91 Å². The lowest BCUT2D eigenvalue weighted by molar-refractivity contribution is -0.137. The second-order valence-corrected chi connectivity index (χ2v) is 6.51. The molecule has 1 N–H and O–H groups in total. The van der Waals surface area contributed by atoms with Gasteiger partial charge in [-0.15, -0.1) is 0 Å². The van der Waals surface area contributed by atoms with Gasteiger partial charge in [-0.25, -0.2) is 0 Å². The quantitative estimate of drug-likeness (QED) is 0.619. The molecule has 2 rings (SSSR count). The Hall–Kier alpha value is -2.30. The van der Waals surface area contributed by atoms with Gasteiger partial charge in [0.25, 0.3) is 5.91 Å². The number of rotatable bonds is 6. The number of aryl methyl sites for hydroxylation is 1. The third kappa shape index (κ3) is 4.87. The smallest absolute Gasteiger partial charge is 0.322 e. The summed E-state index contributed by atoms with van der Waals surface area (Å²) in [5.74, 6) is -0.299. The number of anilines is 1. The molecule has 0 aliphatic heterocycles. The number of alkyl halides is 3. The summed E-state index contributed by atoms with van der Waals surface area (Å²) in [6.45, 7) is 5.95. The number of hydrogen-bond acceptors (Lipinski definition) is 1. The fraction of sp³-hybridized carbons (Fsp3) is 0.381. The van der Waals surface area contributed by atoms with E-state index in [9.17, 15) is 18.0 Å². The molecule has 0 aromatic heterocycles. The maximum absolute atomic E-state index is 13.1. The van der Waals surface area contributed by atoms with Crippen molar-refractivity contribution in [3.63, 3.8) is 0 Å². The molecule has 1 atom stereocenters. The summed E-state index contributed by atoms with van der Waals surface area (Å²) in [6, 6.07) is 10.6. The van der Waals surface area contributed by atoms with E-state index in [1.54, 1.807) is 24.3 Å². The van der Waals surface area contributed by atoms with Crippen molar-refractivity contribution < 1.29 is 18.0 Å². The molecule has 0 saturated carbocycles. The monoisotopic (exact) mass is 363 g/mol. The van der Waals surface area contributed by atoms with Gasteiger partial charge in [0.2, 0.25) is 0 Å². The third-order valence-corrected chi connectivity index (χ3v) is 4.51. The van der Waals surface area contributed by atoms with Crippen molar-refractivity contribution in [2.75, 3.05) is 5.32 Å². The van der Waals surface area contributed by atoms with E-state index in [1.807, 2.05) is 20.8 Å². The van der Waals surface area contributed by atoms with E-state index in [1.165, 1.54) is 6.07 Å². The first-order valence-corrected chi connectivity index (χ1v) is 8.85. The first kappa shape index (κ1) is 20.0. The largest absolute Gasteiger partial charge is 0.416 e. The van der Waals surface area contributed by atoms with Crippen molar-refractivity contribution in [3.8, 4) is 0 Å². The highest BCUT2D eigenvalue weighted by molar-refractivity contribution is 6.04. The van der Waals surface area contributed by atoms with Gasteiger partial charge in [0.15, 0.2) is 0 Å². The second kappa shape index (κ2) is 8.39. The maximum atomic E-state index is 13.1. The molecule has 1 amide bonds. The number of amides is 1. The van der Waals surface area contributed by atoms with E-state index in [2.05, 4.69) is 5.32 Å². The van der Waals surface area contributed by atoms with Gasteiger partial charge in [-0.1, -0.05) is 44.0 Å². The van der Waals surface area contributed by atoms with Crippen LogP contribution in [-0.2, 0) is 6.18 Å². The van der Waals surface area contributed by atoms with Gasteiger partial charge < -0.3 is 5.32 Å². The highest BCUT2D eigenvalue weighted by Crippen LogP contribution is 2.37. The molecular weight excluding hydrogens is 339 g/mol. The standard InChI is InChI=1S/C21H24F3NO/c1-4-6-15(5-2)18-12-11-17(21(22,23)24)13-19(18)25-20(26)16-9-7-14(3)8-10-16/h7-13,15H,4-6H2,1-3H3,(H,25,26). The topological polar surface area (TPSA) is 29.1 Å². The zero-order chi connectivity index (χ0) is 19.3. The summed E-state index contributed by atoms with van der Waals surface area (Å²) in [7, 11) is 0. The van der Waals surface area contributed by atoms with Crippen molar-refractivity contribution in [2.24, 2.45) is 0 Å². The number of carbonyl (C=O) groups is 1. The zero-order valence-corrected chi connectivity index (χ0v) is 15.3. The minimum absolute atomic E-state index is 0.107. The molecule has 0 fully saturated rings. The van der Waals surface area contributed by atoms with Crippen molar-refractivity contribution >= 4 is 11.6 Å². The van der Waals surface area contributed by atoms with E-state index >= 15 is 0 Å². The summed E-state index contributed by atoms with van der Waals surface area (Å²) in [6.07, 6.45) is -1.87. The Balaban J connectivity index is 2.41. The van der Waals surface area contributed by atoms with Crippen LogP contribution in [0.25, 0.3) is 0 Å². The number of benzene rings is 2. The molecule has 0 radical (unpaired) electrons. The molecular formula is C21H24F3NO. The number of nitrogens with one attached hydrogen (secondary N) is 1. The van der Waals surface area contributed by atoms with E-state index in [4.69, 9.17) is 0 Å². The summed E-state index contributed by atoms with van der Waals surface area (Å²) in [5, 5.41) is 2.69. The van der Waals surface area contributed by atoms with Crippen molar-refractivity contribution in [1.82, 2.24) is 0 Å². The van der Waals surface area contributed by atoms with Crippen LogP contribution in [0.2, 0.25) is 0 Å². The Kier molecular flexibility index (Phi) is 6.46. The van der Waals surface area contributed by atoms with Crippen LogP contribution in [0.15, 0.2) is 42.5 Å². The van der Waals surface area contributed by atoms with Crippen molar-refractivity contribution in [1.29, 1.82) is 0 Å². The Morgan fingerprint density at radius 2 is 1.73 bits per heavy atom. The second-order valence-electron chi connectivity index (χ2n) is 6.51. The predicted molar refractivity (Wildman–Crippen MR) is 98.5 cm³/mol. The lowest BCUT2D eigenvalue weighted by Crippen LogP contribution is -2.16. The molecule has 1 unspecified atom stereocenters. The predicted octanol–water partition coefficient (Wildman–Crippen LogP) is 6.56. The van der Waals surface area contributed by atoms with Crippen LogP contribution in [0.3, 0.4) is 0 Å². The Bertz CT molecular complexity index is 751. The summed E-state index contributed by atoms with van der Waals surface area (Å²) < 4.78 is 39.4.